The maximum Gasteiger partial charge on any atom is 0.398 e. The van der Waals surface area contributed by atoms with Crippen molar-refractivity contribution in [3.63, 3.8) is 0 Å². The SMILES string of the molecule is CN1CCN(c2cc3c(cc2F)c(=O)c(-c2noc(C(C)(C)c4ccccc4)n2)cn3C2(C3=CC=CC(C(F)(F)F)C=C3)CC2)CC1. The van der Waals surface area contributed by atoms with Crippen LogP contribution in [0.15, 0.2) is 93.9 Å². The maximum atomic E-state index is 15.9. The van der Waals surface area contributed by atoms with Crippen molar-refractivity contribution in [2.75, 3.05) is 38.1 Å². The summed E-state index contributed by atoms with van der Waals surface area (Å²) in [6, 6.07) is 12.6. The van der Waals surface area contributed by atoms with Crippen LogP contribution in [0.2, 0.25) is 0 Å². The molecule has 2 aromatic heterocycles. The summed E-state index contributed by atoms with van der Waals surface area (Å²) in [6.45, 7) is 6.65. The quantitative estimate of drug-likeness (QED) is 0.211. The van der Waals surface area contributed by atoms with Crippen molar-refractivity contribution in [3.05, 3.63) is 112 Å². The predicted octanol–water partition coefficient (Wildman–Crippen LogP) is 6.99. The summed E-state index contributed by atoms with van der Waals surface area (Å²) >= 11 is 0. The van der Waals surface area contributed by atoms with E-state index in [4.69, 9.17) is 4.52 Å². The van der Waals surface area contributed by atoms with Gasteiger partial charge in [-0.1, -0.05) is 65.9 Å². The lowest BCUT2D eigenvalue weighted by atomic mass is 9.84. The minimum atomic E-state index is -4.41. The van der Waals surface area contributed by atoms with E-state index in [-0.39, 0.29) is 16.8 Å². The molecule has 47 heavy (non-hydrogen) atoms. The average Bonchev–Trinajstić information content (AvgIpc) is 3.76. The molecule has 244 valence electrons. The van der Waals surface area contributed by atoms with Crippen molar-refractivity contribution in [2.45, 2.75) is 43.8 Å². The molecule has 0 N–H and O–H groups in total. The van der Waals surface area contributed by atoms with Crippen LogP contribution in [0.4, 0.5) is 23.2 Å². The number of aromatic nitrogens is 3. The van der Waals surface area contributed by atoms with Gasteiger partial charge in [0.2, 0.25) is 17.1 Å². The number of piperazine rings is 1. The lowest BCUT2D eigenvalue weighted by molar-refractivity contribution is -0.148. The van der Waals surface area contributed by atoms with Crippen molar-refractivity contribution in [1.82, 2.24) is 19.6 Å². The van der Waals surface area contributed by atoms with Gasteiger partial charge in [-0.15, -0.1) is 0 Å². The summed E-state index contributed by atoms with van der Waals surface area (Å²) in [5, 5.41) is 4.34. The molecule has 3 heterocycles. The monoisotopic (exact) mass is 645 g/mol. The molecule has 11 heteroatoms. The first kappa shape index (κ1) is 31.1. The summed E-state index contributed by atoms with van der Waals surface area (Å²) in [4.78, 5) is 22.9. The van der Waals surface area contributed by atoms with Crippen LogP contribution in [0.3, 0.4) is 0 Å². The summed E-state index contributed by atoms with van der Waals surface area (Å²) in [7, 11) is 2.01. The first-order chi connectivity index (χ1) is 22.4. The molecule has 4 aromatic rings. The zero-order chi connectivity index (χ0) is 33.1. The number of likely N-dealkylation sites (N-methyl/N-ethyl adjacent to an activating group) is 1. The van der Waals surface area contributed by atoms with Gasteiger partial charge in [-0.05, 0) is 57.0 Å². The predicted molar refractivity (Wildman–Crippen MR) is 173 cm³/mol. The number of anilines is 1. The number of benzene rings is 2. The van der Waals surface area contributed by atoms with Crippen molar-refractivity contribution < 1.29 is 22.1 Å². The van der Waals surface area contributed by atoms with Gasteiger partial charge < -0.3 is 18.9 Å². The van der Waals surface area contributed by atoms with Gasteiger partial charge in [0.05, 0.1) is 33.6 Å². The van der Waals surface area contributed by atoms with Crippen LogP contribution in [-0.4, -0.2) is 59.0 Å². The number of allylic oxidation sites excluding steroid dienone is 6. The van der Waals surface area contributed by atoms with Gasteiger partial charge in [-0.25, -0.2) is 4.39 Å². The molecule has 1 saturated carbocycles. The van der Waals surface area contributed by atoms with Crippen LogP contribution in [-0.2, 0) is 11.0 Å². The molecule has 7 rings (SSSR count). The molecule has 7 nitrogen and oxygen atoms in total. The second kappa shape index (κ2) is 11.3. The van der Waals surface area contributed by atoms with E-state index in [2.05, 4.69) is 15.0 Å². The van der Waals surface area contributed by atoms with Crippen molar-refractivity contribution in [3.8, 4) is 11.4 Å². The summed E-state index contributed by atoms with van der Waals surface area (Å²) in [5.74, 6) is -1.86. The molecular weight excluding hydrogens is 610 g/mol. The Hall–Kier alpha value is -4.51. The number of alkyl halides is 3. The molecule has 1 saturated heterocycles. The number of rotatable bonds is 6. The van der Waals surface area contributed by atoms with Crippen LogP contribution in [0.5, 0.6) is 0 Å². The standard InChI is InChI=1S/C36H35F4N5O2/c1-34(2,23-8-5-4-6-9-23)33-41-32(42-47-33)27-22-45(35(14-15-35)24-10-7-11-25(13-12-24)36(38,39)40)29-21-30(28(37)20-26(29)31(27)46)44-18-16-43(3)17-19-44/h4-13,20-22,25H,14-19H2,1-3H3. The molecule has 2 aliphatic carbocycles. The molecule has 1 aliphatic heterocycles. The highest BCUT2D eigenvalue weighted by atomic mass is 19.4. The molecule has 1 unspecified atom stereocenters. The van der Waals surface area contributed by atoms with Crippen LogP contribution in [0, 0.1) is 11.7 Å². The summed E-state index contributed by atoms with van der Waals surface area (Å²) < 4.78 is 64.4. The second-order valence-electron chi connectivity index (χ2n) is 13.2. The van der Waals surface area contributed by atoms with Gasteiger partial charge in [0.15, 0.2) is 0 Å². The Morgan fingerprint density at radius 3 is 2.40 bits per heavy atom. The minimum Gasteiger partial charge on any atom is -0.367 e. The van der Waals surface area contributed by atoms with Crippen molar-refractivity contribution in [2.24, 2.45) is 5.92 Å². The third-order valence-corrected chi connectivity index (χ3v) is 9.79. The number of hydrogen-bond donors (Lipinski definition) is 0. The Kier molecular flexibility index (Phi) is 7.50. The van der Waals surface area contributed by atoms with Gasteiger partial charge in [0.1, 0.15) is 5.82 Å². The van der Waals surface area contributed by atoms with E-state index < -0.39 is 34.3 Å². The normalized spacial score (nSPS) is 20.0. The first-order valence-corrected chi connectivity index (χ1v) is 15.8. The fraction of sp³-hybridized carbons (Fsp3) is 0.361. The Labute approximate surface area is 269 Å². The number of fused-ring (bicyclic) bond motifs is 1. The largest absolute Gasteiger partial charge is 0.398 e. The van der Waals surface area contributed by atoms with Gasteiger partial charge in [-0.2, -0.15) is 18.2 Å². The molecule has 1 atom stereocenters. The third kappa shape index (κ3) is 5.50. The highest BCUT2D eigenvalue weighted by Crippen LogP contribution is 2.52. The van der Waals surface area contributed by atoms with Crippen molar-refractivity contribution >= 4 is 16.6 Å². The number of halogens is 4. The van der Waals surface area contributed by atoms with E-state index in [9.17, 15) is 18.0 Å². The summed E-state index contributed by atoms with van der Waals surface area (Å²) in [6.07, 6.45) is 5.42. The zero-order valence-electron chi connectivity index (χ0n) is 26.4. The highest BCUT2D eigenvalue weighted by Gasteiger charge is 2.48. The average molecular weight is 646 g/mol. The van der Waals surface area contributed by atoms with Crippen molar-refractivity contribution in [1.29, 1.82) is 0 Å². The zero-order valence-corrected chi connectivity index (χ0v) is 26.4. The van der Waals surface area contributed by atoms with E-state index in [0.717, 1.165) is 30.8 Å². The van der Waals surface area contributed by atoms with Gasteiger partial charge in [0.25, 0.3) is 0 Å². The van der Waals surface area contributed by atoms with Crippen LogP contribution >= 0.6 is 0 Å². The Morgan fingerprint density at radius 2 is 1.72 bits per heavy atom. The Morgan fingerprint density at radius 1 is 1.00 bits per heavy atom. The molecule has 0 bridgehead atoms. The number of pyridine rings is 1. The van der Waals surface area contributed by atoms with Gasteiger partial charge in [0, 0.05) is 37.8 Å². The molecular formula is C36H35F4N5O2. The highest BCUT2D eigenvalue weighted by molar-refractivity contribution is 5.87. The fourth-order valence-electron chi connectivity index (χ4n) is 6.62. The van der Waals surface area contributed by atoms with Gasteiger partial charge >= 0.3 is 6.18 Å². The number of hydrogen-bond acceptors (Lipinski definition) is 6. The topological polar surface area (TPSA) is 67.4 Å². The second-order valence-corrected chi connectivity index (χ2v) is 13.2. The van der Waals surface area contributed by atoms with Crippen LogP contribution < -0.4 is 10.3 Å². The Bertz CT molecular complexity index is 1980. The van der Waals surface area contributed by atoms with E-state index in [1.165, 1.54) is 18.2 Å². The molecule has 0 spiro atoms. The third-order valence-electron chi connectivity index (χ3n) is 9.79. The maximum absolute atomic E-state index is 15.9. The first-order valence-electron chi connectivity index (χ1n) is 15.8. The van der Waals surface area contributed by atoms with E-state index in [0.29, 0.717) is 48.6 Å². The number of nitrogens with zero attached hydrogens (tertiary/aromatic N) is 5. The lowest BCUT2D eigenvalue weighted by Crippen LogP contribution is -2.44. The molecule has 2 fully saturated rings. The minimum absolute atomic E-state index is 0.0615. The smallest absolute Gasteiger partial charge is 0.367 e. The van der Waals surface area contributed by atoms with Gasteiger partial charge in [-0.3, -0.25) is 4.79 Å². The van der Waals surface area contributed by atoms with E-state index in [1.54, 1.807) is 18.3 Å². The fourth-order valence-corrected chi connectivity index (χ4v) is 6.62. The molecule has 0 amide bonds. The van der Waals surface area contributed by atoms with E-state index in [1.807, 2.05) is 60.7 Å². The Balaban J connectivity index is 1.39. The van der Waals surface area contributed by atoms with Crippen LogP contribution in [0.1, 0.15) is 38.1 Å². The van der Waals surface area contributed by atoms with E-state index >= 15 is 4.39 Å². The molecule has 0 radical (unpaired) electrons. The van der Waals surface area contributed by atoms with Crippen LogP contribution in [0.25, 0.3) is 22.3 Å². The summed E-state index contributed by atoms with van der Waals surface area (Å²) in [5.41, 5.74) is 0.737. The molecule has 2 aromatic carbocycles. The lowest BCUT2D eigenvalue weighted by Gasteiger charge is -2.34. The molecule has 3 aliphatic rings.